The molecule has 0 aromatic rings. The van der Waals surface area contributed by atoms with Crippen molar-refractivity contribution in [2.24, 2.45) is 5.92 Å². The molecule has 0 aromatic heterocycles. The highest BCUT2D eigenvalue weighted by molar-refractivity contribution is 5.77. The first-order valence-corrected chi connectivity index (χ1v) is 7.28. The van der Waals surface area contributed by atoms with Gasteiger partial charge < -0.3 is 10.2 Å². The van der Waals surface area contributed by atoms with Gasteiger partial charge in [0, 0.05) is 31.1 Å². The first kappa shape index (κ1) is 11.5. The van der Waals surface area contributed by atoms with Crippen molar-refractivity contribution in [3.63, 3.8) is 0 Å². The minimum absolute atomic E-state index is 0.418. The van der Waals surface area contributed by atoms with E-state index in [2.05, 4.69) is 17.1 Å². The van der Waals surface area contributed by atoms with Crippen LogP contribution < -0.4 is 5.32 Å². The maximum atomic E-state index is 12.3. The van der Waals surface area contributed by atoms with Crippen LogP contribution in [0.3, 0.4) is 0 Å². The molecule has 2 bridgehead atoms. The van der Waals surface area contributed by atoms with E-state index in [0.717, 1.165) is 13.0 Å². The Bertz CT molecular complexity index is 293. The molecule has 3 heterocycles. The highest BCUT2D eigenvalue weighted by Crippen LogP contribution is 2.33. The fourth-order valence-electron chi connectivity index (χ4n) is 4.01. The molecule has 1 amide bonds. The van der Waals surface area contributed by atoms with Gasteiger partial charge in [-0.05, 0) is 51.4 Å². The van der Waals surface area contributed by atoms with Crippen LogP contribution >= 0.6 is 0 Å². The van der Waals surface area contributed by atoms with Crippen molar-refractivity contribution in [2.45, 2.75) is 70.0 Å². The lowest BCUT2D eigenvalue weighted by Gasteiger charge is -2.30. The van der Waals surface area contributed by atoms with Gasteiger partial charge in [0.05, 0.1) is 0 Å². The molecule has 3 saturated heterocycles. The van der Waals surface area contributed by atoms with E-state index in [0.29, 0.717) is 30.0 Å². The SMILES string of the molecule is CC1CCCN1C(=O)CC1CC2CCC(C1)N2. The Morgan fingerprint density at radius 2 is 1.94 bits per heavy atom. The molecule has 3 atom stereocenters. The quantitative estimate of drug-likeness (QED) is 0.794. The van der Waals surface area contributed by atoms with Gasteiger partial charge in [-0.3, -0.25) is 4.79 Å². The highest BCUT2D eigenvalue weighted by Gasteiger charge is 2.35. The van der Waals surface area contributed by atoms with Crippen molar-refractivity contribution in [2.75, 3.05) is 6.54 Å². The molecule has 17 heavy (non-hydrogen) atoms. The van der Waals surface area contributed by atoms with Gasteiger partial charge in [-0.25, -0.2) is 0 Å². The summed E-state index contributed by atoms with van der Waals surface area (Å²) in [6.07, 6.45) is 8.31. The number of likely N-dealkylation sites (tertiary alicyclic amines) is 1. The van der Waals surface area contributed by atoms with Crippen LogP contribution in [0.2, 0.25) is 0 Å². The number of hydrogen-bond acceptors (Lipinski definition) is 2. The lowest BCUT2D eigenvalue weighted by Crippen LogP contribution is -2.41. The van der Waals surface area contributed by atoms with E-state index in [1.54, 1.807) is 0 Å². The summed E-state index contributed by atoms with van der Waals surface area (Å²) in [4.78, 5) is 14.4. The Morgan fingerprint density at radius 3 is 2.53 bits per heavy atom. The lowest BCUT2D eigenvalue weighted by molar-refractivity contribution is -0.133. The smallest absolute Gasteiger partial charge is 0.223 e. The van der Waals surface area contributed by atoms with E-state index < -0.39 is 0 Å². The van der Waals surface area contributed by atoms with Crippen molar-refractivity contribution in [1.82, 2.24) is 10.2 Å². The fourth-order valence-corrected chi connectivity index (χ4v) is 4.01. The monoisotopic (exact) mass is 236 g/mol. The summed E-state index contributed by atoms with van der Waals surface area (Å²) in [6.45, 7) is 3.19. The molecule has 0 saturated carbocycles. The summed E-state index contributed by atoms with van der Waals surface area (Å²) in [6, 6.07) is 1.91. The van der Waals surface area contributed by atoms with E-state index >= 15 is 0 Å². The average molecular weight is 236 g/mol. The number of nitrogens with one attached hydrogen (secondary N) is 1. The standard InChI is InChI=1S/C14H24N2O/c1-10-3-2-6-16(10)14(17)9-11-7-12-4-5-13(8-11)15-12/h10-13,15H,2-9H2,1H3. The van der Waals surface area contributed by atoms with Crippen molar-refractivity contribution >= 4 is 5.91 Å². The van der Waals surface area contributed by atoms with Gasteiger partial charge in [-0.15, -0.1) is 0 Å². The van der Waals surface area contributed by atoms with Crippen LogP contribution in [-0.4, -0.2) is 35.5 Å². The molecule has 3 nitrogen and oxygen atoms in total. The minimum Gasteiger partial charge on any atom is -0.340 e. The van der Waals surface area contributed by atoms with Gasteiger partial charge in [-0.1, -0.05) is 0 Å². The summed E-state index contributed by atoms with van der Waals surface area (Å²) < 4.78 is 0. The molecule has 96 valence electrons. The molecular weight excluding hydrogens is 212 g/mol. The highest BCUT2D eigenvalue weighted by atomic mass is 16.2. The van der Waals surface area contributed by atoms with Crippen LogP contribution in [0.1, 0.15) is 51.9 Å². The molecule has 3 fully saturated rings. The first-order valence-electron chi connectivity index (χ1n) is 7.28. The van der Waals surface area contributed by atoms with E-state index in [9.17, 15) is 4.79 Å². The van der Waals surface area contributed by atoms with E-state index in [1.807, 2.05) is 0 Å². The van der Waals surface area contributed by atoms with Gasteiger partial charge >= 0.3 is 0 Å². The van der Waals surface area contributed by atoms with Crippen LogP contribution in [0.25, 0.3) is 0 Å². The van der Waals surface area contributed by atoms with Crippen molar-refractivity contribution < 1.29 is 4.79 Å². The Morgan fingerprint density at radius 1 is 1.24 bits per heavy atom. The van der Waals surface area contributed by atoms with E-state index in [4.69, 9.17) is 0 Å². The molecule has 0 radical (unpaired) electrons. The van der Waals surface area contributed by atoms with Gasteiger partial charge in [0.1, 0.15) is 0 Å². The summed E-state index contributed by atoms with van der Waals surface area (Å²) in [5.74, 6) is 1.07. The molecule has 0 aliphatic carbocycles. The maximum Gasteiger partial charge on any atom is 0.223 e. The van der Waals surface area contributed by atoms with Crippen molar-refractivity contribution in [3.05, 3.63) is 0 Å². The number of nitrogens with zero attached hydrogens (tertiary/aromatic N) is 1. The number of carbonyl (C=O) groups excluding carboxylic acids is 1. The predicted octanol–water partition coefficient (Wildman–Crippen LogP) is 1.92. The number of hydrogen-bond donors (Lipinski definition) is 1. The van der Waals surface area contributed by atoms with Gasteiger partial charge in [-0.2, -0.15) is 0 Å². The van der Waals surface area contributed by atoms with Crippen molar-refractivity contribution in [3.8, 4) is 0 Å². The molecule has 0 spiro atoms. The molecule has 3 rings (SSSR count). The molecular formula is C14H24N2O. The summed E-state index contributed by atoms with van der Waals surface area (Å²) >= 11 is 0. The van der Waals surface area contributed by atoms with E-state index in [-0.39, 0.29) is 0 Å². The summed E-state index contributed by atoms with van der Waals surface area (Å²) in [7, 11) is 0. The number of fused-ring (bicyclic) bond motifs is 2. The molecule has 3 unspecified atom stereocenters. The first-order chi connectivity index (χ1) is 8.22. The zero-order chi connectivity index (χ0) is 11.8. The Kier molecular flexibility index (Phi) is 3.12. The van der Waals surface area contributed by atoms with Crippen LogP contribution in [0, 0.1) is 5.92 Å². The topological polar surface area (TPSA) is 32.3 Å². The third-order valence-corrected chi connectivity index (χ3v) is 4.91. The van der Waals surface area contributed by atoms with E-state index in [1.165, 1.54) is 38.5 Å². The summed E-state index contributed by atoms with van der Waals surface area (Å²) in [5, 5.41) is 3.65. The number of carbonyl (C=O) groups is 1. The second kappa shape index (κ2) is 4.60. The third-order valence-electron chi connectivity index (χ3n) is 4.91. The molecule has 3 aliphatic rings. The molecule has 1 N–H and O–H groups in total. The van der Waals surface area contributed by atoms with Crippen molar-refractivity contribution in [1.29, 1.82) is 0 Å². The number of rotatable bonds is 2. The van der Waals surface area contributed by atoms with Gasteiger partial charge in [0.15, 0.2) is 0 Å². The minimum atomic E-state index is 0.418. The third kappa shape index (κ3) is 2.35. The normalized spacial score (nSPS) is 40.9. The van der Waals surface area contributed by atoms with Crippen LogP contribution in [0.15, 0.2) is 0 Å². The van der Waals surface area contributed by atoms with Crippen LogP contribution in [0.4, 0.5) is 0 Å². The Balaban J connectivity index is 1.54. The summed E-state index contributed by atoms with van der Waals surface area (Å²) in [5.41, 5.74) is 0. The van der Waals surface area contributed by atoms with Gasteiger partial charge in [0.25, 0.3) is 0 Å². The lowest BCUT2D eigenvalue weighted by atomic mass is 9.89. The Hall–Kier alpha value is -0.570. The largest absolute Gasteiger partial charge is 0.340 e. The van der Waals surface area contributed by atoms with Crippen LogP contribution in [-0.2, 0) is 4.79 Å². The zero-order valence-electron chi connectivity index (χ0n) is 10.8. The van der Waals surface area contributed by atoms with Crippen LogP contribution in [0.5, 0.6) is 0 Å². The average Bonchev–Trinajstić information content (AvgIpc) is 2.85. The second-order valence-electron chi connectivity index (χ2n) is 6.26. The van der Waals surface area contributed by atoms with Gasteiger partial charge in [0.2, 0.25) is 5.91 Å². The second-order valence-corrected chi connectivity index (χ2v) is 6.26. The molecule has 3 heteroatoms. The number of amides is 1. The molecule has 3 aliphatic heterocycles. The fraction of sp³-hybridized carbons (Fsp3) is 0.929. The predicted molar refractivity (Wildman–Crippen MR) is 67.7 cm³/mol. The Labute approximate surface area is 104 Å². The number of piperidine rings is 1. The molecule has 0 aromatic carbocycles. The maximum absolute atomic E-state index is 12.3. The zero-order valence-corrected chi connectivity index (χ0v) is 10.8.